The zero-order chi connectivity index (χ0) is 15.1. The number of methoxy groups -OCH3 is 1. The van der Waals surface area contributed by atoms with Crippen molar-refractivity contribution in [3.63, 3.8) is 0 Å². The first-order valence-corrected chi connectivity index (χ1v) is 8.59. The van der Waals surface area contributed by atoms with Gasteiger partial charge in [0.05, 0.1) is 7.11 Å². The highest BCUT2D eigenvalue weighted by Crippen LogP contribution is 2.37. The van der Waals surface area contributed by atoms with Gasteiger partial charge >= 0.3 is 0 Å². The third-order valence-corrected chi connectivity index (χ3v) is 4.78. The second kappa shape index (κ2) is 8.16. The van der Waals surface area contributed by atoms with Gasteiger partial charge in [0.1, 0.15) is 5.75 Å². The van der Waals surface area contributed by atoms with E-state index in [0.717, 1.165) is 55.8 Å². The molecule has 118 valence electrons. The highest BCUT2D eigenvalue weighted by molar-refractivity contribution is 9.10. The highest BCUT2D eigenvalue weighted by atomic mass is 79.9. The molecule has 0 unspecified atom stereocenters. The summed E-state index contributed by atoms with van der Waals surface area (Å²) in [6.45, 7) is 6.08. The van der Waals surface area contributed by atoms with Crippen molar-refractivity contribution in [2.24, 2.45) is 5.41 Å². The van der Waals surface area contributed by atoms with Gasteiger partial charge in [-0.1, -0.05) is 22.9 Å². The van der Waals surface area contributed by atoms with E-state index in [1.807, 2.05) is 12.1 Å². The summed E-state index contributed by atoms with van der Waals surface area (Å²) in [5, 5.41) is 3.61. The summed E-state index contributed by atoms with van der Waals surface area (Å²) in [4.78, 5) is 0. The number of rotatable bonds is 7. The Kier molecular flexibility index (Phi) is 6.52. The average molecular weight is 356 g/mol. The summed E-state index contributed by atoms with van der Waals surface area (Å²) in [6, 6.07) is 6.27. The number of hydrogen-bond acceptors (Lipinski definition) is 3. The predicted octanol–water partition coefficient (Wildman–Crippen LogP) is 3.80. The molecule has 0 saturated carbocycles. The first-order chi connectivity index (χ1) is 10.2. The molecule has 4 heteroatoms. The van der Waals surface area contributed by atoms with E-state index in [2.05, 4.69) is 34.2 Å². The van der Waals surface area contributed by atoms with E-state index in [9.17, 15) is 0 Å². The monoisotopic (exact) mass is 355 g/mol. The molecule has 0 atom stereocenters. The molecule has 1 heterocycles. The summed E-state index contributed by atoms with van der Waals surface area (Å²) >= 11 is 3.58. The van der Waals surface area contributed by atoms with E-state index in [1.54, 1.807) is 7.11 Å². The van der Waals surface area contributed by atoms with Crippen LogP contribution in [0, 0.1) is 5.41 Å². The van der Waals surface area contributed by atoms with Crippen LogP contribution in [0.2, 0.25) is 0 Å². The fourth-order valence-electron chi connectivity index (χ4n) is 3.04. The van der Waals surface area contributed by atoms with E-state index in [-0.39, 0.29) is 5.41 Å². The number of ether oxygens (including phenoxy) is 2. The number of hydrogen-bond donors (Lipinski definition) is 1. The fourth-order valence-corrected chi connectivity index (χ4v) is 3.45. The average Bonchev–Trinajstić information content (AvgIpc) is 2.49. The summed E-state index contributed by atoms with van der Waals surface area (Å²) < 4.78 is 12.2. The minimum atomic E-state index is 0.279. The van der Waals surface area contributed by atoms with Crippen LogP contribution in [-0.2, 0) is 11.2 Å². The van der Waals surface area contributed by atoms with Crippen LogP contribution in [0.5, 0.6) is 5.75 Å². The van der Waals surface area contributed by atoms with E-state index in [0.29, 0.717) is 0 Å². The molecule has 0 bridgehead atoms. The Hall–Kier alpha value is -0.580. The number of nitrogens with one attached hydrogen (secondary N) is 1. The Morgan fingerprint density at radius 3 is 2.76 bits per heavy atom. The van der Waals surface area contributed by atoms with Crippen LogP contribution in [-0.4, -0.2) is 33.4 Å². The lowest BCUT2D eigenvalue weighted by atomic mass is 9.75. The van der Waals surface area contributed by atoms with Crippen LogP contribution < -0.4 is 10.1 Å². The van der Waals surface area contributed by atoms with Gasteiger partial charge in [-0.2, -0.15) is 0 Å². The van der Waals surface area contributed by atoms with Crippen molar-refractivity contribution in [1.29, 1.82) is 0 Å². The molecule has 1 aliphatic heterocycles. The third-order valence-electron chi connectivity index (χ3n) is 4.29. The molecule has 1 aromatic carbocycles. The van der Waals surface area contributed by atoms with Crippen molar-refractivity contribution in [3.05, 3.63) is 28.2 Å². The molecule has 1 fully saturated rings. The highest BCUT2D eigenvalue weighted by Gasteiger charge is 2.33. The Bertz CT molecular complexity index is 444. The van der Waals surface area contributed by atoms with Crippen molar-refractivity contribution in [2.45, 2.75) is 32.6 Å². The van der Waals surface area contributed by atoms with Gasteiger partial charge in [-0.25, -0.2) is 0 Å². The van der Waals surface area contributed by atoms with Gasteiger partial charge in [-0.3, -0.25) is 0 Å². The van der Waals surface area contributed by atoms with Crippen LogP contribution in [0.3, 0.4) is 0 Å². The van der Waals surface area contributed by atoms with Crippen LogP contribution in [0.1, 0.15) is 31.7 Å². The largest absolute Gasteiger partial charge is 0.496 e. The van der Waals surface area contributed by atoms with Crippen molar-refractivity contribution in [2.75, 3.05) is 33.4 Å². The van der Waals surface area contributed by atoms with Gasteiger partial charge in [0.2, 0.25) is 0 Å². The molecule has 0 spiro atoms. The minimum absolute atomic E-state index is 0.279. The summed E-state index contributed by atoms with van der Waals surface area (Å²) in [5.74, 6) is 0.986. The van der Waals surface area contributed by atoms with Crippen molar-refractivity contribution in [3.8, 4) is 5.75 Å². The van der Waals surface area contributed by atoms with Crippen molar-refractivity contribution in [1.82, 2.24) is 5.32 Å². The molecule has 0 aromatic heterocycles. The Morgan fingerprint density at radius 1 is 1.33 bits per heavy atom. The predicted molar refractivity (Wildman–Crippen MR) is 90.0 cm³/mol. The first kappa shape index (κ1) is 16.8. The summed E-state index contributed by atoms with van der Waals surface area (Å²) in [6.07, 6.45) is 4.43. The summed E-state index contributed by atoms with van der Waals surface area (Å²) in [5.41, 5.74) is 1.56. The number of benzene rings is 1. The van der Waals surface area contributed by atoms with E-state index in [1.165, 1.54) is 12.0 Å². The topological polar surface area (TPSA) is 30.5 Å². The van der Waals surface area contributed by atoms with Crippen LogP contribution in [0.15, 0.2) is 22.7 Å². The minimum Gasteiger partial charge on any atom is -0.496 e. The van der Waals surface area contributed by atoms with Gasteiger partial charge < -0.3 is 14.8 Å². The third kappa shape index (κ3) is 4.70. The number of halogens is 1. The SMILES string of the molecule is CCCNCC1(Cc2cc(Br)ccc2OC)CCOCC1. The second-order valence-electron chi connectivity index (χ2n) is 5.92. The van der Waals surface area contributed by atoms with Crippen LogP contribution in [0.4, 0.5) is 0 Å². The van der Waals surface area contributed by atoms with Crippen LogP contribution >= 0.6 is 15.9 Å². The maximum Gasteiger partial charge on any atom is 0.122 e. The van der Waals surface area contributed by atoms with E-state index >= 15 is 0 Å². The molecule has 3 nitrogen and oxygen atoms in total. The first-order valence-electron chi connectivity index (χ1n) is 7.80. The molecule has 1 aromatic rings. The molecule has 1 saturated heterocycles. The lowest BCUT2D eigenvalue weighted by molar-refractivity contribution is 0.0148. The molecule has 21 heavy (non-hydrogen) atoms. The van der Waals surface area contributed by atoms with Gasteiger partial charge in [0.15, 0.2) is 0 Å². The van der Waals surface area contributed by atoms with Gasteiger partial charge in [0, 0.05) is 24.2 Å². The molecule has 1 N–H and O–H groups in total. The van der Waals surface area contributed by atoms with Gasteiger partial charge in [0.25, 0.3) is 0 Å². The van der Waals surface area contributed by atoms with E-state index < -0.39 is 0 Å². The molecule has 0 aliphatic carbocycles. The molecule has 0 amide bonds. The Morgan fingerprint density at radius 2 is 2.10 bits per heavy atom. The zero-order valence-corrected chi connectivity index (χ0v) is 14.7. The zero-order valence-electron chi connectivity index (χ0n) is 13.1. The molecule has 0 radical (unpaired) electrons. The second-order valence-corrected chi connectivity index (χ2v) is 6.84. The lowest BCUT2D eigenvalue weighted by Gasteiger charge is -2.38. The van der Waals surface area contributed by atoms with E-state index in [4.69, 9.17) is 9.47 Å². The van der Waals surface area contributed by atoms with Crippen molar-refractivity contribution < 1.29 is 9.47 Å². The molecular weight excluding hydrogens is 330 g/mol. The van der Waals surface area contributed by atoms with Crippen LogP contribution in [0.25, 0.3) is 0 Å². The fraction of sp³-hybridized carbons (Fsp3) is 0.647. The van der Waals surface area contributed by atoms with Gasteiger partial charge in [-0.05, 0) is 61.4 Å². The van der Waals surface area contributed by atoms with Crippen molar-refractivity contribution >= 4 is 15.9 Å². The quantitative estimate of drug-likeness (QED) is 0.754. The maximum absolute atomic E-state index is 5.58. The van der Waals surface area contributed by atoms with Gasteiger partial charge in [-0.15, -0.1) is 0 Å². The molecular formula is C17H26BrNO2. The standard InChI is InChI=1S/C17H26BrNO2/c1-3-8-19-13-17(6-9-21-10-7-17)12-14-11-15(18)4-5-16(14)20-2/h4-5,11,19H,3,6-10,12-13H2,1-2H3. The molecule has 2 rings (SSSR count). The smallest absolute Gasteiger partial charge is 0.122 e. The normalized spacial score (nSPS) is 17.7. The summed E-state index contributed by atoms with van der Waals surface area (Å²) in [7, 11) is 1.75. The Balaban J connectivity index is 2.15. The Labute approximate surface area is 136 Å². The lowest BCUT2D eigenvalue weighted by Crippen LogP contribution is -2.41. The molecule has 1 aliphatic rings. The maximum atomic E-state index is 5.58.